The Morgan fingerprint density at radius 1 is 1.04 bits per heavy atom. The molecule has 27 heavy (non-hydrogen) atoms. The standard InChI is InChI=1S/C20H14N2O4S/c23-19(18-10-13-3-1-2-4-15(13)26-18)22-20-21-14(11-27-20)12-5-6-16-17(9-12)25-8-7-24-16/h1-6,9-11H,7-8H2,(H,21,22,23). The van der Waals surface area contributed by atoms with Gasteiger partial charge in [-0.05, 0) is 30.3 Å². The number of carbonyl (C=O) groups is 1. The van der Waals surface area contributed by atoms with E-state index < -0.39 is 0 Å². The van der Waals surface area contributed by atoms with E-state index in [4.69, 9.17) is 13.9 Å². The van der Waals surface area contributed by atoms with Crippen molar-refractivity contribution < 1.29 is 18.7 Å². The number of hydrogen-bond acceptors (Lipinski definition) is 6. The zero-order chi connectivity index (χ0) is 18.2. The van der Waals surface area contributed by atoms with Crippen LogP contribution in [-0.2, 0) is 0 Å². The minimum Gasteiger partial charge on any atom is -0.486 e. The maximum atomic E-state index is 12.4. The molecule has 5 rings (SSSR count). The number of thiazole rings is 1. The van der Waals surface area contributed by atoms with Crippen molar-refractivity contribution in [2.24, 2.45) is 0 Å². The average molecular weight is 378 g/mol. The van der Waals surface area contributed by atoms with E-state index in [1.165, 1.54) is 11.3 Å². The Morgan fingerprint density at radius 3 is 2.78 bits per heavy atom. The lowest BCUT2D eigenvalue weighted by atomic mass is 10.1. The smallest absolute Gasteiger partial charge is 0.293 e. The van der Waals surface area contributed by atoms with Crippen molar-refractivity contribution in [3.63, 3.8) is 0 Å². The molecule has 1 N–H and O–H groups in total. The molecule has 0 bridgehead atoms. The molecule has 134 valence electrons. The number of fused-ring (bicyclic) bond motifs is 2. The van der Waals surface area contributed by atoms with Crippen LogP contribution >= 0.6 is 11.3 Å². The van der Waals surface area contributed by atoms with Gasteiger partial charge < -0.3 is 13.9 Å². The SMILES string of the molecule is O=C(Nc1nc(-c2ccc3c(c2)OCCO3)cs1)c1cc2ccccc2o1. The van der Waals surface area contributed by atoms with Crippen molar-refractivity contribution in [3.05, 3.63) is 59.7 Å². The molecule has 0 spiro atoms. The van der Waals surface area contributed by atoms with E-state index in [0.29, 0.717) is 29.7 Å². The number of carbonyl (C=O) groups excluding carboxylic acids is 1. The van der Waals surface area contributed by atoms with Crippen LogP contribution in [0.4, 0.5) is 5.13 Å². The number of anilines is 1. The van der Waals surface area contributed by atoms with Crippen LogP contribution in [0.2, 0.25) is 0 Å². The van der Waals surface area contributed by atoms with Crippen LogP contribution in [0.1, 0.15) is 10.6 Å². The van der Waals surface area contributed by atoms with Gasteiger partial charge in [0.05, 0.1) is 5.69 Å². The highest BCUT2D eigenvalue weighted by atomic mass is 32.1. The number of rotatable bonds is 3. The lowest BCUT2D eigenvalue weighted by molar-refractivity contribution is 0.0998. The van der Waals surface area contributed by atoms with E-state index in [0.717, 1.165) is 22.4 Å². The molecule has 6 nitrogen and oxygen atoms in total. The molecule has 1 aliphatic rings. The number of para-hydroxylation sites is 1. The highest BCUT2D eigenvalue weighted by Gasteiger charge is 2.16. The van der Waals surface area contributed by atoms with Gasteiger partial charge in [0.1, 0.15) is 18.8 Å². The number of amides is 1. The van der Waals surface area contributed by atoms with Gasteiger partial charge in [-0.2, -0.15) is 0 Å². The molecule has 0 saturated carbocycles. The second-order valence-electron chi connectivity index (χ2n) is 6.00. The number of benzene rings is 2. The third-order valence-corrected chi connectivity index (χ3v) is 4.97. The summed E-state index contributed by atoms with van der Waals surface area (Å²) in [6.07, 6.45) is 0. The van der Waals surface area contributed by atoms with Crippen LogP contribution in [0.15, 0.2) is 58.3 Å². The van der Waals surface area contributed by atoms with Gasteiger partial charge in [-0.25, -0.2) is 4.98 Å². The molecule has 0 unspecified atom stereocenters. The van der Waals surface area contributed by atoms with Crippen LogP contribution in [-0.4, -0.2) is 24.1 Å². The Balaban J connectivity index is 1.36. The van der Waals surface area contributed by atoms with Gasteiger partial charge in [0.15, 0.2) is 22.4 Å². The maximum Gasteiger partial charge on any atom is 0.293 e. The Morgan fingerprint density at radius 2 is 1.89 bits per heavy atom. The molecular formula is C20H14N2O4S. The summed E-state index contributed by atoms with van der Waals surface area (Å²) in [6.45, 7) is 1.09. The van der Waals surface area contributed by atoms with Crippen LogP contribution in [0.3, 0.4) is 0 Å². The summed E-state index contributed by atoms with van der Waals surface area (Å²) < 4.78 is 16.7. The van der Waals surface area contributed by atoms with Gasteiger partial charge in [-0.1, -0.05) is 18.2 Å². The van der Waals surface area contributed by atoms with Crippen LogP contribution in [0.5, 0.6) is 11.5 Å². The fraction of sp³-hybridized carbons (Fsp3) is 0.100. The van der Waals surface area contributed by atoms with E-state index >= 15 is 0 Å². The predicted molar refractivity (Wildman–Crippen MR) is 103 cm³/mol. The van der Waals surface area contributed by atoms with Gasteiger partial charge >= 0.3 is 0 Å². The second-order valence-corrected chi connectivity index (χ2v) is 6.86. The highest BCUT2D eigenvalue weighted by Crippen LogP contribution is 2.35. The van der Waals surface area contributed by atoms with E-state index in [-0.39, 0.29) is 11.7 Å². The number of furan rings is 1. The number of ether oxygens (including phenoxy) is 2. The molecule has 0 atom stereocenters. The lowest BCUT2D eigenvalue weighted by Crippen LogP contribution is -2.15. The number of nitrogens with zero attached hydrogens (tertiary/aromatic N) is 1. The molecule has 1 amide bonds. The minimum absolute atomic E-state index is 0.257. The summed E-state index contributed by atoms with van der Waals surface area (Å²) in [7, 11) is 0. The first-order valence-electron chi connectivity index (χ1n) is 8.42. The normalized spacial score (nSPS) is 12.9. The molecule has 2 aromatic carbocycles. The van der Waals surface area contributed by atoms with Crippen molar-refractivity contribution in [2.45, 2.75) is 0 Å². The summed E-state index contributed by atoms with van der Waals surface area (Å²) >= 11 is 1.35. The van der Waals surface area contributed by atoms with Gasteiger partial charge in [0.2, 0.25) is 0 Å². The Hall–Kier alpha value is -3.32. The minimum atomic E-state index is -0.325. The summed E-state index contributed by atoms with van der Waals surface area (Å²) in [6, 6.07) is 14.9. The zero-order valence-electron chi connectivity index (χ0n) is 14.1. The van der Waals surface area contributed by atoms with Gasteiger partial charge in [0, 0.05) is 16.3 Å². The van der Waals surface area contributed by atoms with E-state index in [1.807, 2.05) is 47.8 Å². The molecule has 0 aliphatic carbocycles. The Labute approximate surface area is 158 Å². The molecule has 0 radical (unpaired) electrons. The van der Waals surface area contributed by atoms with Crippen LogP contribution in [0.25, 0.3) is 22.2 Å². The summed E-state index contributed by atoms with van der Waals surface area (Å²) in [5, 5.41) is 6.07. The summed E-state index contributed by atoms with van der Waals surface area (Å²) in [5.41, 5.74) is 2.34. The first kappa shape index (κ1) is 15.9. The Kier molecular flexibility index (Phi) is 3.79. The third-order valence-electron chi connectivity index (χ3n) is 4.21. The van der Waals surface area contributed by atoms with Gasteiger partial charge in [-0.15, -0.1) is 11.3 Å². The molecule has 0 fully saturated rings. The van der Waals surface area contributed by atoms with E-state index in [9.17, 15) is 4.79 Å². The number of aromatic nitrogens is 1. The first-order valence-corrected chi connectivity index (χ1v) is 9.30. The number of hydrogen-bond donors (Lipinski definition) is 1. The quantitative estimate of drug-likeness (QED) is 0.565. The number of nitrogens with one attached hydrogen (secondary N) is 1. The van der Waals surface area contributed by atoms with E-state index in [1.54, 1.807) is 6.07 Å². The van der Waals surface area contributed by atoms with Gasteiger partial charge in [0.25, 0.3) is 5.91 Å². The molecule has 2 aromatic heterocycles. The van der Waals surface area contributed by atoms with Crippen molar-refractivity contribution in [1.82, 2.24) is 4.98 Å². The highest BCUT2D eigenvalue weighted by molar-refractivity contribution is 7.14. The maximum absolute atomic E-state index is 12.4. The van der Waals surface area contributed by atoms with Crippen molar-refractivity contribution >= 4 is 33.3 Å². The fourth-order valence-corrected chi connectivity index (χ4v) is 3.63. The summed E-state index contributed by atoms with van der Waals surface area (Å²) in [5.74, 6) is 1.37. The Bertz CT molecular complexity index is 1110. The molecule has 1 aliphatic heterocycles. The second kappa shape index (κ2) is 6.44. The molecule has 7 heteroatoms. The zero-order valence-corrected chi connectivity index (χ0v) is 14.9. The summed E-state index contributed by atoms with van der Waals surface area (Å²) in [4.78, 5) is 16.9. The largest absolute Gasteiger partial charge is 0.486 e. The topological polar surface area (TPSA) is 73.6 Å². The molecule has 0 saturated heterocycles. The third kappa shape index (κ3) is 3.02. The molecule has 4 aromatic rings. The monoisotopic (exact) mass is 378 g/mol. The van der Waals surface area contributed by atoms with Crippen LogP contribution in [0, 0.1) is 0 Å². The van der Waals surface area contributed by atoms with Crippen molar-refractivity contribution in [3.8, 4) is 22.8 Å². The molecular weight excluding hydrogens is 364 g/mol. The van der Waals surface area contributed by atoms with Crippen molar-refractivity contribution in [1.29, 1.82) is 0 Å². The lowest BCUT2D eigenvalue weighted by Gasteiger charge is -2.18. The fourth-order valence-electron chi connectivity index (χ4n) is 2.92. The first-order chi connectivity index (χ1) is 13.3. The van der Waals surface area contributed by atoms with E-state index in [2.05, 4.69) is 10.3 Å². The van der Waals surface area contributed by atoms with Gasteiger partial charge in [-0.3, -0.25) is 10.1 Å². The molecule has 3 heterocycles. The average Bonchev–Trinajstić information content (AvgIpc) is 3.34. The predicted octanol–water partition coefficient (Wildman–Crippen LogP) is 4.58. The van der Waals surface area contributed by atoms with Crippen molar-refractivity contribution in [2.75, 3.05) is 18.5 Å². The van der Waals surface area contributed by atoms with Crippen LogP contribution < -0.4 is 14.8 Å².